The second-order valence-electron chi connectivity index (χ2n) is 10.5. The largest absolute Gasteiger partial charge is 0.465 e. The minimum absolute atomic E-state index is 0.0114. The SMILES string of the molecule is C=CC1CCC(Cn2c(N[C@@H](CC)c3ccccc3)nc3nc(C(=N)NC(=O)O)nc(-c4cccc(Cl)c4)c32)CC1. The maximum Gasteiger partial charge on any atom is 0.410 e. The van der Waals surface area contributed by atoms with E-state index >= 15 is 0 Å². The second-order valence-corrected chi connectivity index (χ2v) is 10.9. The van der Waals surface area contributed by atoms with Crippen molar-refractivity contribution in [2.24, 2.45) is 11.8 Å². The van der Waals surface area contributed by atoms with Gasteiger partial charge < -0.3 is 15.0 Å². The molecule has 0 spiro atoms. The molecule has 0 unspecified atom stereocenters. The van der Waals surface area contributed by atoms with E-state index in [9.17, 15) is 9.90 Å². The molecule has 0 bridgehead atoms. The number of allylic oxidation sites excluding steroid dienone is 1. The third-order valence-corrected chi connectivity index (χ3v) is 7.97. The molecule has 9 nitrogen and oxygen atoms in total. The maximum absolute atomic E-state index is 11.3. The van der Waals surface area contributed by atoms with Gasteiger partial charge in [-0.05, 0) is 61.6 Å². The average Bonchev–Trinajstić information content (AvgIpc) is 3.32. The van der Waals surface area contributed by atoms with E-state index < -0.39 is 11.9 Å². The van der Waals surface area contributed by atoms with E-state index in [-0.39, 0.29) is 11.9 Å². The summed E-state index contributed by atoms with van der Waals surface area (Å²) in [7, 11) is 0. The van der Waals surface area contributed by atoms with Crippen molar-refractivity contribution in [2.75, 3.05) is 5.32 Å². The number of aromatic nitrogens is 4. The van der Waals surface area contributed by atoms with Gasteiger partial charge in [0.15, 0.2) is 17.3 Å². The summed E-state index contributed by atoms with van der Waals surface area (Å²) in [4.78, 5) is 25.5. The second kappa shape index (κ2) is 12.5. The van der Waals surface area contributed by atoms with Crippen LogP contribution in [0.2, 0.25) is 5.02 Å². The van der Waals surface area contributed by atoms with Crippen LogP contribution in [0.4, 0.5) is 10.7 Å². The number of fused-ring (bicyclic) bond motifs is 1. The summed E-state index contributed by atoms with van der Waals surface area (Å²) in [5.74, 6) is 1.15. The minimum Gasteiger partial charge on any atom is -0.465 e. The molecule has 1 aliphatic rings. The van der Waals surface area contributed by atoms with Gasteiger partial charge in [-0.2, -0.15) is 4.98 Å². The van der Waals surface area contributed by atoms with Crippen molar-refractivity contribution >= 4 is 40.6 Å². The number of nitrogens with zero attached hydrogens (tertiary/aromatic N) is 4. The summed E-state index contributed by atoms with van der Waals surface area (Å²) in [5.41, 5.74) is 3.52. The number of amidine groups is 1. The van der Waals surface area contributed by atoms with Crippen LogP contribution in [0.3, 0.4) is 0 Å². The molecule has 0 aliphatic heterocycles. The topological polar surface area (TPSA) is 129 Å². The van der Waals surface area contributed by atoms with Crippen molar-refractivity contribution in [2.45, 2.75) is 51.6 Å². The fourth-order valence-corrected chi connectivity index (χ4v) is 5.75. The smallest absolute Gasteiger partial charge is 0.410 e. The molecule has 5 rings (SSSR count). The van der Waals surface area contributed by atoms with Gasteiger partial charge in [-0.25, -0.2) is 14.8 Å². The molecule has 41 heavy (non-hydrogen) atoms. The predicted octanol–water partition coefficient (Wildman–Crippen LogP) is 7.30. The van der Waals surface area contributed by atoms with Gasteiger partial charge in [-0.15, -0.1) is 6.58 Å². The van der Waals surface area contributed by atoms with Crippen LogP contribution in [0.1, 0.15) is 56.5 Å². The van der Waals surface area contributed by atoms with Gasteiger partial charge in [0.25, 0.3) is 0 Å². The van der Waals surface area contributed by atoms with Gasteiger partial charge in [0, 0.05) is 17.1 Å². The molecule has 0 saturated heterocycles. The Balaban J connectivity index is 1.67. The van der Waals surface area contributed by atoms with Crippen molar-refractivity contribution in [3.63, 3.8) is 0 Å². The Bertz CT molecular complexity index is 1560. The predicted molar refractivity (Wildman–Crippen MR) is 162 cm³/mol. The van der Waals surface area contributed by atoms with Gasteiger partial charge in [0.2, 0.25) is 5.95 Å². The molecular weight excluding hydrogens is 538 g/mol. The number of hydrogen-bond donors (Lipinski definition) is 4. The van der Waals surface area contributed by atoms with E-state index in [1.165, 1.54) is 0 Å². The first-order chi connectivity index (χ1) is 19.9. The molecule has 1 atom stereocenters. The number of halogens is 1. The third-order valence-electron chi connectivity index (χ3n) is 7.74. The lowest BCUT2D eigenvalue weighted by molar-refractivity contribution is 0.200. The summed E-state index contributed by atoms with van der Waals surface area (Å²) in [6.45, 7) is 6.84. The summed E-state index contributed by atoms with van der Waals surface area (Å²) in [5, 5.41) is 23.8. The number of nitrogens with one attached hydrogen (secondary N) is 3. The number of rotatable bonds is 9. The Labute approximate surface area is 244 Å². The highest BCUT2D eigenvalue weighted by molar-refractivity contribution is 6.30. The van der Waals surface area contributed by atoms with Crippen LogP contribution in [0.25, 0.3) is 22.4 Å². The normalized spacial score (nSPS) is 17.6. The van der Waals surface area contributed by atoms with Gasteiger partial charge in [0.05, 0.1) is 6.04 Å². The number of amides is 1. The molecule has 4 N–H and O–H groups in total. The van der Waals surface area contributed by atoms with E-state index in [4.69, 9.17) is 27.0 Å². The maximum atomic E-state index is 11.3. The van der Waals surface area contributed by atoms with Gasteiger partial charge in [-0.1, -0.05) is 67.1 Å². The van der Waals surface area contributed by atoms with Gasteiger partial charge in [-0.3, -0.25) is 10.7 Å². The van der Waals surface area contributed by atoms with E-state index in [2.05, 4.69) is 51.9 Å². The summed E-state index contributed by atoms with van der Waals surface area (Å²) < 4.78 is 2.16. The molecule has 2 aromatic heterocycles. The monoisotopic (exact) mass is 571 g/mol. The van der Waals surface area contributed by atoms with Crippen LogP contribution in [-0.4, -0.2) is 36.6 Å². The van der Waals surface area contributed by atoms with Crippen LogP contribution in [0, 0.1) is 17.2 Å². The lowest BCUT2D eigenvalue weighted by Crippen LogP contribution is -2.30. The molecule has 2 aromatic carbocycles. The molecule has 212 valence electrons. The summed E-state index contributed by atoms with van der Waals surface area (Å²) >= 11 is 6.38. The van der Waals surface area contributed by atoms with Crippen molar-refractivity contribution in [1.29, 1.82) is 5.41 Å². The first kappa shape index (κ1) is 28.3. The van der Waals surface area contributed by atoms with Gasteiger partial charge >= 0.3 is 6.09 Å². The van der Waals surface area contributed by atoms with E-state index in [0.717, 1.165) is 55.3 Å². The Morgan fingerprint density at radius 3 is 2.56 bits per heavy atom. The van der Waals surface area contributed by atoms with Crippen LogP contribution >= 0.6 is 11.6 Å². The molecule has 2 heterocycles. The van der Waals surface area contributed by atoms with Crippen LogP contribution in [0.15, 0.2) is 67.3 Å². The zero-order chi connectivity index (χ0) is 28.9. The number of carbonyl (C=O) groups is 1. The van der Waals surface area contributed by atoms with E-state index in [1.807, 2.05) is 30.3 Å². The fourth-order valence-electron chi connectivity index (χ4n) is 5.56. The third kappa shape index (κ3) is 6.41. The fraction of sp³-hybridized carbons (Fsp3) is 0.323. The van der Waals surface area contributed by atoms with Gasteiger partial charge in [0.1, 0.15) is 11.2 Å². The quantitative estimate of drug-likeness (QED) is 0.0947. The van der Waals surface area contributed by atoms with Crippen LogP contribution in [-0.2, 0) is 6.54 Å². The highest BCUT2D eigenvalue weighted by atomic mass is 35.5. The molecule has 1 aliphatic carbocycles. The average molecular weight is 572 g/mol. The van der Waals surface area contributed by atoms with E-state index in [1.54, 1.807) is 12.1 Å². The number of anilines is 1. The zero-order valence-electron chi connectivity index (χ0n) is 23.0. The summed E-state index contributed by atoms with van der Waals surface area (Å²) in [6, 6.07) is 17.6. The standard InChI is InChI=1S/C31H34ClN7O2/c1-3-19-13-15-20(16-14-19)18-39-26-25(22-11-8-12-23(32)17-22)35-29(27(33)36-31(40)41)37-28(26)38-30(39)34-24(4-2)21-9-6-5-7-10-21/h3,5-12,17,19-20,24H,1,4,13-16,18H2,2H3,(H2,33,36)(H,40,41)(H,34,35,37,38)/t19?,20?,24-/m0/s1. The summed E-state index contributed by atoms with van der Waals surface area (Å²) in [6.07, 6.45) is 5.89. The number of imidazole rings is 1. The number of hydrogen-bond acceptors (Lipinski definition) is 6. The van der Waals surface area contributed by atoms with Crippen molar-refractivity contribution in [3.05, 3.63) is 83.7 Å². The Hall–Kier alpha value is -4.24. The van der Waals surface area contributed by atoms with E-state index in [0.29, 0.717) is 34.1 Å². The zero-order valence-corrected chi connectivity index (χ0v) is 23.7. The number of benzene rings is 2. The molecule has 10 heteroatoms. The molecule has 0 radical (unpaired) electrons. The lowest BCUT2D eigenvalue weighted by atomic mass is 9.82. The Kier molecular flexibility index (Phi) is 8.64. The highest BCUT2D eigenvalue weighted by Gasteiger charge is 2.26. The highest BCUT2D eigenvalue weighted by Crippen LogP contribution is 2.36. The lowest BCUT2D eigenvalue weighted by Gasteiger charge is -2.28. The molecule has 1 fully saturated rings. The molecule has 1 saturated carbocycles. The number of carboxylic acid groups (broad SMARTS) is 1. The molecular formula is C31H34ClN7O2. The van der Waals surface area contributed by atoms with Crippen molar-refractivity contribution in [1.82, 2.24) is 24.8 Å². The van der Waals surface area contributed by atoms with Crippen LogP contribution in [0.5, 0.6) is 0 Å². The first-order valence-electron chi connectivity index (χ1n) is 13.9. The Morgan fingerprint density at radius 2 is 1.90 bits per heavy atom. The molecule has 1 amide bonds. The Morgan fingerprint density at radius 1 is 1.15 bits per heavy atom. The van der Waals surface area contributed by atoms with Crippen molar-refractivity contribution < 1.29 is 9.90 Å². The van der Waals surface area contributed by atoms with Crippen LogP contribution < -0.4 is 10.6 Å². The minimum atomic E-state index is -1.36. The first-order valence-corrected chi connectivity index (χ1v) is 14.3. The molecule has 4 aromatic rings. The van der Waals surface area contributed by atoms with Crippen molar-refractivity contribution in [3.8, 4) is 11.3 Å².